The van der Waals surface area contributed by atoms with Crippen molar-refractivity contribution in [1.82, 2.24) is 9.71 Å². The Balaban J connectivity index is 1.48. The fourth-order valence-corrected chi connectivity index (χ4v) is 7.03. The summed E-state index contributed by atoms with van der Waals surface area (Å²) in [5, 5.41) is 4.90. The number of amides is 1. The number of thiazole rings is 1. The molecule has 1 amide bonds. The molecule has 1 aromatic heterocycles. The normalized spacial score (nSPS) is 18.0. The maximum atomic E-state index is 12.6. The van der Waals surface area contributed by atoms with E-state index in [1.165, 1.54) is 35.6 Å². The summed E-state index contributed by atoms with van der Waals surface area (Å²) >= 11 is 1.27. The first-order valence-corrected chi connectivity index (χ1v) is 13.6. The molecule has 1 aliphatic heterocycles. The summed E-state index contributed by atoms with van der Waals surface area (Å²) in [6.45, 7) is 0. The molecule has 0 aliphatic carbocycles. The highest BCUT2D eigenvalue weighted by molar-refractivity contribution is 7.92. The number of sulfone groups is 1. The quantitative estimate of drug-likeness (QED) is 0.563. The zero-order valence-electron chi connectivity index (χ0n) is 16.2. The van der Waals surface area contributed by atoms with Crippen LogP contribution in [0.4, 0.5) is 5.13 Å². The van der Waals surface area contributed by atoms with Crippen molar-refractivity contribution in [2.75, 3.05) is 16.8 Å². The highest BCUT2D eigenvalue weighted by atomic mass is 32.2. The third-order valence-corrected chi connectivity index (χ3v) is 8.80. The van der Waals surface area contributed by atoms with Crippen molar-refractivity contribution in [2.24, 2.45) is 0 Å². The van der Waals surface area contributed by atoms with E-state index < -0.39 is 31.8 Å². The first-order valence-electron chi connectivity index (χ1n) is 9.37. The SMILES string of the molecule is O=C(Nc1nc(-c2ccccc2)cs1)c1cccc(S(=O)(=O)NC2CCS(=O)(=O)C2)c1. The zero-order chi connectivity index (χ0) is 22.1. The molecule has 2 heterocycles. The summed E-state index contributed by atoms with van der Waals surface area (Å²) in [6, 6.07) is 14.4. The van der Waals surface area contributed by atoms with Gasteiger partial charge in [-0.3, -0.25) is 10.1 Å². The van der Waals surface area contributed by atoms with Gasteiger partial charge in [0.05, 0.1) is 22.1 Å². The molecule has 162 valence electrons. The fourth-order valence-electron chi connectivity index (χ4n) is 3.22. The Morgan fingerprint density at radius 2 is 1.87 bits per heavy atom. The van der Waals surface area contributed by atoms with E-state index in [0.717, 1.165) is 11.3 Å². The van der Waals surface area contributed by atoms with Gasteiger partial charge in [-0.2, -0.15) is 0 Å². The highest BCUT2D eigenvalue weighted by Gasteiger charge is 2.31. The summed E-state index contributed by atoms with van der Waals surface area (Å²) in [6.07, 6.45) is 0.232. The maximum absolute atomic E-state index is 12.6. The number of benzene rings is 2. The number of hydrogen-bond acceptors (Lipinski definition) is 7. The van der Waals surface area contributed by atoms with Gasteiger partial charge >= 0.3 is 0 Å². The van der Waals surface area contributed by atoms with E-state index in [1.54, 1.807) is 0 Å². The van der Waals surface area contributed by atoms with E-state index in [9.17, 15) is 21.6 Å². The third kappa shape index (κ3) is 5.18. The molecule has 0 radical (unpaired) electrons. The standard InChI is InChI=1S/C20H19N3O5S3/c24-19(22-20-21-18(12-29-20)14-5-2-1-3-6-14)15-7-4-8-17(11-15)31(27,28)23-16-9-10-30(25,26)13-16/h1-8,11-12,16,23H,9-10,13H2,(H,21,22,24). The van der Waals surface area contributed by atoms with E-state index in [0.29, 0.717) is 5.13 Å². The van der Waals surface area contributed by atoms with Gasteiger partial charge in [-0.15, -0.1) is 11.3 Å². The number of nitrogens with zero attached hydrogens (tertiary/aromatic N) is 1. The molecular weight excluding hydrogens is 458 g/mol. The number of carbonyl (C=O) groups is 1. The summed E-state index contributed by atoms with van der Waals surface area (Å²) in [5.74, 6) is -0.754. The lowest BCUT2D eigenvalue weighted by atomic mass is 10.2. The number of hydrogen-bond donors (Lipinski definition) is 2. The molecule has 4 rings (SSSR count). The van der Waals surface area contributed by atoms with Crippen LogP contribution in [0.2, 0.25) is 0 Å². The average molecular weight is 478 g/mol. The monoisotopic (exact) mass is 477 g/mol. The lowest BCUT2D eigenvalue weighted by Gasteiger charge is -2.12. The highest BCUT2D eigenvalue weighted by Crippen LogP contribution is 2.25. The van der Waals surface area contributed by atoms with Gasteiger partial charge in [0.15, 0.2) is 15.0 Å². The van der Waals surface area contributed by atoms with Crippen molar-refractivity contribution in [3.63, 3.8) is 0 Å². The number of carbonyl (C=O) groups excluding carboxylic acids is 1. The molecule has 3 aromatic rings. The fraction of sp³-hybridized carbons (Fsp3) is 0.200. The zero-order valence-corrected chi connectivity index (χ0v) is 18.6. The van der Waals surface area contributed by atoms with Crippen LogP contribution in [0, 0.1) is 0 Å². The van der Waals surface area contributed by atoms with E-state index in [2.05, 4.69) is 15.0 Å². The Bertz CT molecular complexity index is 1320. The predicted octanol–water partition coefficient (Wildman–Crippen LogP) is 2.53. The molecule has 1 atom stereocenters. The Labute approximate surface area is 184 Å². The summed E-state index contributed by atoms with van der Waals surface area (Å²) < 4.78 is 50.9. The second-order valence-corrected chi connectivity index (χ2v) is 11.9. The molecular formula is C20H19N3O5S3. The van der Waals surface area contributed by atoms with Crippen LogP contribution in [-0.2, 0) is 19.9 Å². The van der Waals surface area contributed by atoms with E-state index in [1.807, 2.05) is 35.7 Å². The second kappa shape index (κ2) is 8.50. The molecule has 0 saturated carbocycles. The van der Waals surface area contributed by atoms with Crippen LogP contribution >= 0.6 is 11.3 Å². The van der Waals surface area contributed by atoms with E-state index >= 15 is 0 Å². The van der Waals surface area contributed by atoms with Crippen LogP contribution in [-0.4, -0.2) is 45.3 Å². The van der Waals surface area contributed by atoms with Gasteiger partial charge in [-0.25, -0.2) is 26.5 Å². The third-order valence-electron chi connectivity index (χ3n) is 4.75. The van der Waals surface area contributed by atoms with Crippen LogP contribution in [0.15, 0.2) is 64.9 Å². The number of rotatable bonds is 6. The second-order valence-electron chi connectivity index (χ2n) is 7.11. The van der Waals surface area contributed by atoms with Crippen molar-refractivity contribution in [3.8, 4) is 11.3 Å². The maximum Gasteiger partial charge on any atom is 0.257 e. The Morgan fingerprint density at radius 1 is 1.10 bits per heavy atom. The van der Waals surface area contributed by atoms with E-state index in [4.69, 9.17) is 0 Å². The van der Waals surface area contributed by atoms with Crippen LogP contribution in [0.3, 0.4) is 0 Å². The van der Waals surface area contributed by atoms with Crippen LogP contribution < -0.4 is 10.0 Å². The molecule has 1 aliphatic rings. The summed E-state index contributed by atoms with van der Waals surface area (Å²) in [4.78, 5) is 16.9. The van der Waals surface area contributed by atoms with Gasteiger partial charge in [0.2, 0.25) is 10.0 Å². The molecule has 2 aromatic carbocycles. The molecule has 0 spiro atoms. The van der Waals surface area contributed by atoms with Crippen molar-refractivity contribution < 1.29 is 21.6 Å². The summed E-state index contributed by atoms with van der Waals surface area (Å²) in [5.41, 5.74) is 1.80. The lowest BCUT2D eigenvalue weighted by Crippen LogP contribution is -2.35. The van der Waals surface area contributed by atoms with Crippen molar-refractivity contribution >= 4 is 42.2 Å². The van der Waals surface area contributed by atoms with Gasteiger partial charge in [-0.05, 0) is 24.6 Å². The Morgan fingerprint density at radius 3 is 2.58 bits per heavy atom. The topological polar surface area (TPSA) is 122 Å². The number of aromatic nitrogens is 1. The lowest BCUT2D eigenvalue weighted by molar-refractivity contribution is 0.102. The minimum absolute atomic E-state index is 0.0403. The van der Waals surface area contributed by atoms with Crippen LogP contribution in [0.1, 0.15) is 16.8 Å². The molecule has 2 N–H and O–H groups in total. The molecule has 1 saturated heterocycles. The van der Waals surface area contributed by atoms with Crippen molar-refractivity contribution in [3.05, 3.63) is 65.5 Å². The summed E-state index contributed by atoms with van der Waals surface area (Å²) in [7, 11) is -7.18. The minimum atomic E-state index is -3.96. The van der Waals surface area contributed by atoms with Crippen molar-refractivity contribution in [2.45, 2.75) is 17.4 Å². The molecule has 8 nitrogen and oxygen atoms in total. The van der Waals surface area contributed by atoms with Gasteiger partial charge in [0.1, 0.15) is 0 Å². The Kier molecular flexibility index (Phi) is 5.93. The molecule has 1 unspecified atom stereocenters. The van der Waals surface area contributed by atoms with Gasteiger partial charge in [-0.1, -0.05) is 36.4 Å². The molecule has 31 heavy (non-hydrogen) atoms. The largest absolute Gasteiger partial charge is 0.298 e. The number of nitrogens with one attached hydrogen (secondary N) is 2. The molecule has 11 heteroatoms. The Hall–Kier alpha value is -2.60. The first kappa shape index (κ1) is 21.6. The van der Waals surface area contributed by atoms with Crippen LogP contribution in [0.25, 0.3) is 11.3 Å². The predicted molar refractivity (Wildman–Crippen MR) is 119 cm³/mol. The smallest absolute Gasteiger partial charge is 0.257 e. The number of sulfonamides is 1. The number of anilines is 1. The minimum Gasteiger partial charge on any atom is -0.298 e. The van der Waals surface area contributed by atoms with Gasteiger partial charge < -0.3 is 0 Å². The van der Waals surface area contributed by atoms with Crippen LogP contribution in [0.5, 0.6) is 0 Å². The molecule has 1 fully saturated rings. The first-order chi connectivity index (χ1) is 14.7. The van der Waals surface area contributed by atoms with Gasteiger partial charge in [0.25, 0.3) is 5.91 Å². The average Bonchev–Trinajstić information content (AvgIpc) is 3.34. The van der Waals surface area contributed by atoms with Gasteiger partial charge in [0, 0.05) is 22.5 Å². The molecule has 0 bridgehead atoms. The van der Waals surface area contributed by atoms with E-state index in [-0.39, 0.29) is 28.4 Å². The van der Waals surface area contributed by atoms with Crippen molar-refractivity contribution in [1.29, 1.82) is 0 Å².